The molecule has 0 amide bonds. The van der Waals surface area contributed by atoms with Gasteiger partial charge in [0.1, 0.15) is 0 Å². The summed E-state index contributed by atoms with van der Waals surface area (Å²) < 4.78 is 14.5. The van der Waals surface area contributed by atoms with Crippen LogP contribution in [0.5, 0.6) is 0 Å². The fourth-order valence-electron chi connectivity index (χ4n) is 3.19. The third kappa shape index (κ3) is 4.68. The predicted molar refractivity (Wildman–Crippen MR) is 118 cm³/mol. The van der Waals surface area contributed by atoms with E-state index in [1.54, 1.807) is 42.5 Å². The SMILES string of the molecule is Nc1ccc(SCC2COC(Cn3ccnc3)(c3ccc(Cl)cc3Cl)O2)c(Cl)c1. The Kier molecular flexibility index (Phi) is 6.30. The van der Waals surface area contributed by atoms with Crippen molar-refractivity contribution in [3.63, 3.8) is 0 Å². The Labute approximate surface area is 188 Å². The number of aromatic nitrogens is 2. The highest BCUT2D eigenvalue weighted by molar-refractivity contribution is 7.99. The van der Waals surface area contributed by atoms with Gasteiger partial charge in [-0.2, -0.15) is 0 Å². The molecule has 2 aromatic carbocycles. The van der Waals surface area contributed by atoms with Crippen molar-refractivity contribution in [2.24, 2.45) is 0 Å². The molecule has 1 aliphatic rings. The Balaban J connectivity index is 1.55. The van der Waals surface area contributed by atoms with Gasteiger partial charge in [0.25, 0.3) is 0 Å². The molecule has 0 aliphatic carbocycles. The quantitative estimate of drug-likeness (QED) is 0.381. The summed E-state index contributed by atoms with van der Waals surface area (Å²) in [6, 6.07) is 10.8. The van der Waals surface area contributed by atoms with E-state index in [4.69, 9.17) is 50.0 Å². The molecule has 152 valence electrons. The first-order valence-electron chi connectivity index (χ1n) is 8.86. The third-order valence-electron chi connectivity index (χ3n) is 4.53. The average molecular weight is 471 g/mol. The maximum atomic E-state index is 6.49. The first-order chi connectivity index (χ1) is 13.9. The Hall–Kier alpha value is -1.41. The van der Waals surface area contributed by atoms with Crippen LogP contribution in [0, 0.1) is 0 Å². The van der Waals surface area contributed by atoms with E-state index in [1.807, 2.05) is 29.0 Å². The normalized spacial score (nSPS) is 21.6. The molecule has 0 spiro atoms. The van der Waals surface area contributed by atoms with Gasteiger partial charge in [-0.05, 0) is 30.3 Å². The number of benzene rings is 2. The maximum Gasteiger partial charge on any atom is 0.215 e. The van der Waals surface area contributed by atoms with Gasteiger partial charge in [0, 0.05) is 39.3 Å². The molecule has 0 bridgehead atoms. The average Bonchev–Trinajstić information content (AvgIpc) is 3.32. The summed E-state index contributed by atoms with van der Waals surface area (Å²) in [5, 5.41) is 1.67. The summed E-state index contributed by atoms with van der Waals surface area (Å²) in [5.74, 6) is -0.362. The molecule has 29 heavy (non-hydrogen) atoms. The molecule has 1 saturated heterocycles. The van der Waals surface area contributed by atoms with Crippen molar-refractivity contribution in [2.75, 3.05) is 18.1 Å². The van der Waals surface area contributed by atoms with Gasteiger partial charge in [-0.25, -0.2) is 4.98 Å². The number of hydrogen-bond donors (Lipinski definition) is 1. The molecule has 2 heterocycles. The molecule has 1 fully saturated rings. The van der Waals surface area contributed by atoms with Gasteiger partial charge in [0.15, 0.2) is 0 Å². The summed E-state index contributed by atoms with van der Waals surface area (Å²) >= 11 is 20.5. The number of nitrogen functional groups attached to an aromatic ring is 1. The summed E-state index contributed by atoms with van der Waals surface area (Å²) in [6.07, 6.45) is 5.13. The van der Waals surface area contributed by atoms with Crippen molar-refractivity contribution in [3.8, 4) is 0 Å². The smallest absolute Gasteiger partial charge is 0.215 e. The summed E-state index contributed by atoms with van der Waals surface area (Å²) in [4.78, 5) is 5.05. The number of nitrogens with zero attached hydrogens (tertiary/aromatic N) is 2. The number of ether oxygens (including phenoxy) is 2. The predicted octanol–water partition coefficient (Wildman–Crippen LogP) is 5.49. The standard InChI is InChI=1S/C20H18Cl3N3O2S/c21-13-1-3-16(17(22)7-13)20(11-26-6-5-25-12-26)27-9-15(28-20)10-29-19-4-2-14(24)8-18(19)23/h1-8,12,15H,9-11,24H2. The molecule has 9 heteroatoms. The van der Waals surface area contributed by atoms with Crippen LogP contribution in [0.25, 0.3) is 0 Å². The molecular weight excluding hydrogens is 453 g/mol. The van der Waals surface area contributed by atoms with Crippen molar-refractivity contribution < 1.29 is 9.47 Å². The van der Waals surface area contributed by atoms with Crippen molar-refractivity contribution >= 4 is 52.3 Å². The molecule has 2 atom stereocenters. The van der Waals surface area contributed by atoms with E-state index in [9.17, 15) is 0 Å². The zero-order valence-corrected chi connectivity index (χ0v) is 18.3. The fraction of sp³-hybridized carbons (Fsp3) is 0.250. The fourth-order valence-corrected chi connectivity index (χ4v) is 4.99. The minimum Gasteiger partial charge on any atom is -0.399 e. The molecule has 1 aliphatic heterocycles. The van der Waals surface area contributed by atoms with Gasteiger partial charge < -0.3 is 19.8 Å². The molecule has 3 aromatic rings. The summed E-state index contributed by atoms with van der Waals surface area (Å²) in [5.41, 5.74) is 7.13. The second kappa shape index (κ2) is 8.76. The number of rotatable bonds is 6. The van der Waals surface area contributed by atoms with Crippen molar-refractivity contribution in [1.82, 2.24) is 9.55 Å². The Morgan fingerprint density at radius 1 is 1.17 bits per heavy atom. The Morgan fingerprint density at radius 3 is 2.76 bits per heavy atom. The number of imidazole rings is 1. The number of anilines is 1. The lowest BCUT2D eigenvalue weighted by Gasteiger charge is -2.30. The maximum absolute atomic E-state index is 6.49. The molecule has 1 aromatic heterocycles. The van der Waals surface area contributed by atoms with Crippen LogP contribution in [0.2, 0.25) is 15.1 Å². The van der Waals surface area contributed by atoms with Crippen LogP contribution in [-0.2, 0) is 21.8 Å². The first-order valence-corrected chi connectivity index (χ1v) is 11.0. The number of halogens is 3. The van der Waals surface area contributed by atoms with E-state index in [0.29, 0.717) is 39.7 Å². The Bertz CT molecular complexity index is 1000. The number of hydrogen-bond acceptors (Lipinski definition) is 5. The van der Waals surface area contributed by atoms with E-state index in [2.05, 4.69) is 4.98 Å². The van der Waals surface area contributed by atoms with E-state index < -0.39 is 5.79 Å². The highest BCUT2D eigenvalue weighted by Gasteiger charge is 2.45. The molecule has 5 nitrogen and oxygen atoms in total. The van der Waals surface area contributed by atoms with Gasteiger partial charge >= 0.3 is 0 Å². The van der Waals surface area contributed by atoms with Gasteiger partial charge in [-0.3, -0.25) is 0 Å². The molecule has 4 rings (SSSR count). The lowest BCUT2D eigenvalue weighted by molar-refractivity contribution is -0.184. The van der Waals surface area contributed by atoms with Crippen LogP contribution in [0.15, 0.2) is 60.0 Å². The zero-order chi connectivity index (χ0) is 20.4. The topological polar surface area (TPSA) is 62.3 Å². The monoisotopic (exact) mass is 469 g/mol. The van der Waals surface area contributed by atoms with Crippen molar-refractivity contribution in [1.29, 1.82) is 0 Å². The highest BCUT2D eigenvalue weighted by Crippen LogP contribution is 2.42. The van der Waals surface area contributed by atoms with Gasteiger partial charge in [0.05, 0.1) is 35.6 Å². The Morgan fingerprint density at radius 2 is 2.03 bits per heavy atom. The largest absolute Gasteiger partial charge is 0.399 e. The van der Waals surface area contributed by atoms with Gasteiger partial charge in [0.2, 0.25) is 5.79 Å². The number of nitrogens with two attached hydrogens (primary N) is 1. The van der Waals surface area contributed by atoms with Crippen LogP contribution < -0.4 is 5.73 Å². The van der Waals surface area contributed by atoms with E-state index in [1.165, 1.54) is 0 Å². The second-order valence-corrected chi connectivity index (χ2v) is 8.98. The van der Waals surface area contributed by atoms with Crippen molar-refractivity contribution in [3.05, 3.63) is 75.8 Å². The minimum atomic E-state index is -1.03. The molecule has 2 unspecified atom stereocenters. The lowest BCUT2D eigenvalue weighted by Crippen LogP contribution is -2.34. The molecule has 0 saturated carbocycles. The third-order valence-corrected chi connectivity index (χ3v) is 6.71. The zero-order valence-electron chi connectivity index (χ0n) is 15.2. The lowest BCUT2D eigenvalue weighted by atomic mass is 10.1. The van der Waals surface area contributed by atoms with Crippen LogP contribution >= 0.6 is 46.6 Å². The first kappa shape index (κ1) is 20.8. The van der Waals surface area contributed by atoms with Crippen LogP contribution in [0.1, 0.15) is 5.56 Å². The van der Waals surface area contributed by atoms with E-state index in [-0.39, 0.29) is 6.10 Å². The summed E-state index contributed by atoms with van der Waals surface area (Å²) in [7, 11) is 0. The van der Waals surface area contributed by atoms with Crippen LogP contribution in [0.3, 0.4) is 0 Å². The highest BCUT2D eigenvalue weighted by atomic mass is 35.5. The molecular formula is C20H18Cl3N3O2S. The van der Waals surface area contributed by atoms with Gasteiger partial charge in [-0.1, -0.05) is 40.9 Å². The summed E-state index contributed by atoms with van der Waals surface area (Å²) in [6.45, 7) is 0.839. The molecule has 2 N–H and O–H groups in total. The van der Waals surface area contributed by atoms with E-state index >= 15 is 0 Å². The number of thioether (sulfide) groups is 1. The van der Waals surface area contributed by atoms with Crippen molar-refractivity contribution in [2.45, 2.75) is 23.3 Å². The van der Waals surface area contributed by atoms with Gasteiger partial charge in [-0.15, -0.1) is 11.8 Å². The van der Waals surface area contributed by atoms with Crippen LogP contribution in [0.4, 0.5) is 5.69 Å². The van der Waals surface area contributed by atoms with E-state index in [0.717, 1.165) is 10.5 Å². The molecule has 0 radical (unpaired) electrons. The van der Waals surface area contributed by atoms with Crippen LogP contribution in [-0.4, -0.2) is 28.0 Å². The minimum absolute atomic E-state index is 0.149. The second-order valence-electron chi connectivity index (χ2n) is 6.66.